The first kappa shape index (κ1) is 17.5. The van der Waals surface area contributed by atoms with E-state index in [1.54, 1.807) is 6.92 Å². The van der Waals surface area contributed by atoms with Crippen molar-refractivity contribution in [2.75, 3.05) is 0 Å². The van der Waals surface area contributed by atoms with E-state index in [0.717, 1.165) is 12.1 Å². The van der Waals surface area contributed by atoms with Gasteiger partial charge < -0.3 is 10.8 Å². The van der Waals surface area contributed by atoms with Crippen LogP contribution in [0.4, 0.5) is 13.2 Å². The van der Waals surface area contributed by atoms with Gasteiger partial charge >= 0.3 is 6.18 Å². The third-order valence-corrected chi connectivity index (χ3v) is 2.68. The lowest BCUT2D eigenvalue weighted by molar-refractivity contribution is -0.137. The molecule has 3 N–H and O–H groups in total. The Morgan fingerprint density at radius 3 is 2.33 bits per heavy atom. The van der Waals surface area contributed by atoms with Crippen LogP contribution in [0, 0.1) is 0 Å². The van der Waals surface area contributed by atoms with E-state index in [9.17, 15) is 18.3 Å². The molecule has 2 atom stereocenters. The minimum absolute atomic E-state index is 0. The summed E-state index contributed by atoms with van der Waals surface area (Å²) in [7, 11) is 0. The summed E-state index contributed by atoms with van der Waals surface area (Å²) in [5.74, 6) is 0. The van der Waals surface area contributed by atoms with Gasteiger partial charge in [0.2, 0.25) is 0 Å². The second-order valence-corrected chi connectivity index (χ2v) is 4.21. The van der Waals surface area contributed by atoms with Crippen molar-refractivity contribution in [2.24, 2.45) is 5.73 Å². The van der Waals surface area contributed by atoms with Crippen LogP contribution < -0.4 is 5.73 Å². The second-order valence-electron chi connectivity index (χ2n) is 3.77. The van der Waals surface area contributed by atoms with Crippen LogP contribution in [0.25, 0.3) is 0 Å². The molecule has 0 aliphatic carbocycles. The molecule has 0 radical (unpaired) electrons. The van der Waals surface area contributed by atoms with Gasteiger partial charge in [-0.05, 0) is 30.2 Å². The van der Waals surface area contributed by atoms with Crippen molar-refractivity contribution in [1.82, 2.24) is 0 Å². The molecule has 0 heterocycles. The Kier molecular flexibility index (Phi) is 6.43. The summed E-state index contributed by atoms with van der Waals surface area (Å²) >= 11 is 5.61. The molecule has 7 heteroatoms. The maximum Gasteiger partial charge on any atom is 0.416 e. The molecule has 0 spiro atoms. The maximum atomic E-state index is 12.5. The van der Waals surface area contributed by atoms with Crippen LogP contribution in [0.1, 0.15) is 30.5 Å². The zero-order valence-electron chi connectivity index (χ0n) is 9.54. The average Bonchev–Trinajstić information content (AvgIpc) is 2.25. The van der Waals surface area contributed by atoms with Crippen molar-refractivity contribution < 1.29 is 18.3 Å². The highest BCUT2D eigenvalue weighted by molar-refractivity contribution is 6.30. The smallest absolute Gasteiger partial charge is 0.391 e. The van der Waals surface area contributed by atoms with E-state index in [1.807, 2.05) is 0 Å². The first-order valence-electron chi connectivity index (χ1n) is 5.07. The Hall–Kier alpha value is -0.490. The first-order valence-corrected chi connectivity index (χ1v) is 5.44. The first-order chi connectivity index (χ1) is 7.75. The highest BCUT2D eigenvalue weighted by Crippen LogP contribution is 2.33. The van der Waals surface area contributed by atoms with Gasteiger partial charge in [0.05, 0.1) is 17.7 Å². The summed E-state index contributed by atoms with van der Waals surface area (Å²) in [6.07, 6.45) is -5.01. The SMILES string of the molecule is CC[C@H](O)[C@H](N)c1cc(Cl)cc(C(F)(F)F)c1.Cl. The van der Waals surface area contributed by atoms with Crippen LogP contribution >= 0.6 is 24.0 Å². The number of nitrogens with two attached hydrogens (primary N) is 1. The van der Waals surface area contributed by atoms with Crippen LogP contribution in [-0.2, 0) is 6.18 Å². The van der Waals surface area contributed by atoms with Gasteiger partial charge in [0.15, 0.2) is 0 Å². The predicted octanol–water partition coefficient (Wildman–Crippen LogP) is 3.55. The molecule has 1 aromatic carbocycles. The number of aliphatic hydroxyl groups excluding tert-OH is 1. The number of hydrogen-bond donors (Lipinski definition) is 2. The van der Waals surface area contributed by atoms with Crippen molar-refractivity contribution in [3.8, 4) is 0 Å². The van der Waals surface area contributed by atoms with Gasteiger partial charge in [0.1, 0.15) is 0 Å². The standard InChI is InChI=1S/C11H13ClF3NO.ClH/c1-2-9(17)10(16)6-3-7(11(13,14)15)5-8(12)4-6;/h3-5,9-10,17H,2,16H2,1H3;1H/t9-,10+;/m0./s1. The van der Waals surface area contributed by atoms with Gasteiger partial charge in [-0.3, -0.25) is 0 Å². The third-order valence-electron chi connectivity index (χ3n) is 2.47. The highest BCUT2D eigenvalue weighted by atomic mass is 35.5. The topological polar surface area (TPSA) is 46.2 Å². The van der Waals surface area contributed by atoms with Crippen molar-refractivity contribution >= 4 is 24.0 Å². The van der Waals surface area contributed by atoms with Crippen LogP contribution in [0.3, 0.4) is 0 Å². The predicted molar refractivity (Wildman–Crippen MR) is 66.9 cm³/mol. The lowest BCUT2D eigenvalue weighted by atomic mass is 9.98. The number of benzene rings is 1. The highest BCUT2D eigenvalue weighted by Gasteiger charge is 2.32. The zero-order valence-corrected chi connectivity index (χ0v) is 11.1. The third kappa shape index (κ3) is 4.31. The van der Waals surface area contributed by atoms with Gasteiger partial charge in [-0.1, -0.05) is 18.5 Å². The molecule has 0 saturated heterocycles. The van der Waals surface area contributed by atoms with E-state index < -0.39 is 23.9 Å². The van der Waals surface area contributed by atoms with Crippen LogP contribution in [-0.4, -0.2) is 11.2 Å². The Labute approximate surface area is 114 Å². The maximum absolute atomic E-state index is 12.5. The zero-order chi connectivity index (χ0) is 13.2. The quantitative estimate of drug-likeness (QED) is 0.897. The minimum atomic E-state index is -4.48. The van der Waals surface area contributed by atoms with Crippen molar-refractivity contribution in [2.45, 2.75) is 31.7 Å². The van der Waals surface area contributed by atoms with E-state index in [4.69, 9.17) is 17.3 Å². The normalized spacial score (nSPS) is 14.8. The fraction of sp³-hybridized carbons (Fsp3) is 0.455. The number of halogens is 5. The molecule has 0 fully saturated rings. The van der Waals surface area contributed by atoms with Gasteiger partial charge in [-0.2, -0.15) is 13.2 Å². The van der Waals surface area contributed by atoms with E-state index in [1.165, 1.54) is 6.07 Å². The Bertz CT molecular complexity index is 398. The fourth-order valence-electron chi connectivity index (χ4n) is 1.44. The number of aliphatic hydroxyl groups is 1. The van der Waals surface area contributed by atoms with Gasteiger partial charge in [-0.25, -0.2) is 0 Å². The van der Waals surface area contributed by atoms with E-state index >= 15 is 0 Å². The minimum Gasteiger partial charge on any atom is -0.391 e. The monoisotopic (exact) mass is 303 g/mol. The molecule has 0 aliphatic heterocycles. The summed E-state index contributed by atoms with van der Waals surface area (Å²) in [4.78, 5) is 0. The molecule has 0 unspecified atom stereocenters. The summed E-state index contributed by atoms with van der Waals surface area (Å²) in [6.45, 7) is 1.69. The molecule has 104 valence electrons. The van der Waals surface area contributed by atoms with E-state index in [-0.39, 0.29) is 23.0 Å². The van der Waals surface area contributed by atoms with Crippen LogP contribution in [0.15, 0.2) is 18.2 Å². The van der Waals surface area contributed by atoms with E-state index in [0.29, 0.717) is 6.42 Å². The van der Waals surface area contributed by atoms with Gasteiger partial charge in [0.25, 0.3) is 0 Å². The van der Waals surface area contributed by atoms with Crippen LogP contribution in [0.2, 0.25) is 5.02 Å². The summed E-state index contributed by atoms with van der Waals surface area (Å²) in [6, 6.07) is 2.20. The molecule has 0 aliphatic rings. The van der Waals surface area contributed by atoms with Crippen molar-refractivity contribution in [3.05, 3.63) is 34.3 Å². The molecule has 1 rings (SSSR count). The molecular weight excluding hydrogens is 290 g/mol. The fourth-order valence-corrected chi connectivity index (χ4v) is 1.69. The molecule has 2 nitrogen and oxygen atoms in total. The van der Waals surface area contributed by atoms with Gasteiger partial charge in [-0.15, -0.1) is 12.4 Å². The van der Waals surface area contributed by atoms with Crippen molar-refractivity contribution in [3.63, 3.8) is 0 Å². The largest absolute Gasteiger partial charge is 0.416 e. The molecule has 0 amide bonds. The van der Waals surface area contributed by atoms with Gasteiger partial charge in [0, 0.05) is 5.02 Å². The molecule has 1 aromatic rings. The molecular formula is C11H14Cl2F3NO. The lowest BCUT2D eigenvalue weighted by Gasteiger charge is -2.19. The number of hydrogen-bond acceptors (Lipinski definition) is 2. The molecule has 0 aromatic heterocycles. The number of alkyl halides is 3. The lowest BCUT2D eigenvalue weighted by Crippen LogP contribution is -2.25. The second kappa shape index (κ2) is 6.61. The van der Waals surface area contributed by atoms with Crippen molar-refractivity contribution in [1.29, 1.82) is 0 Å². The summed E-state index contributed by atoms with van der Waals surface area (Å²) in [5, 5.41) is 9.47. The molecule has 0 bridgehead atoms. The Morgan fingerprint density at radius 2 is 1.89 bits per heavy atom. The average molecular weight is 304 g/mol. The Balaban J connectivity index is 0.00000289. The Morgan fingerprint density at radius 1 is 1.33 bits per heavy atom. The summed E-state index contributed by atoms with van der Waals surface area (Å²) < 4.78 is 37.6. The van der Waals surface area contributed by atoms with Crippen LogP contribution in [0.5, 0.6) is 0 Å². The summed E-state index contributed by atoms with van der Waals surface area (Å²) in [5.41, 5.74) is 4.97. The molecule has 0 saturated carbocycles. The number of rotatable bonds is 3. The molecule has 18 heavy (non-hydrogen) atoms. The van der Waals surface area contributed by atoms with E-state index in [2.05, 4.69) is 0 Å².